The second-order valence-corrected chi connectivity index (χ2v) is 9.11. The van der Waals surface area contributed by atoms with Crippen LogP contribution < -0.4 is 0 Å². The molecule has 1 fully saturated rings. The van der Waals surface area contributed by atoms with Gasteiger partial charge in [0.15, 0.2) is 0 Å². The first-order valence-electron chi connectivity index (χ1n) is 8.78. The number of alkyl halides is 1. The van der Waals surface area contributed by atoms with Crippen molar-refractivity contribution in [3.63, 3.8) is 0 Å². The average molecular weight is 396 g/mol. The molecule has 3 aliphatic rings. The van der Waals surface area contributed by atoms with E-state index in [9.17, 15) is 0 Å². The number of hydrogen-bond acceptors (Lipinski definition) is 0. The minimum absolute atomic E-state index is 0.670. The summed E-state index contributed by atoms with van der Waals surface area (Å²) in [6, 6.07) is 0. The monoisotopic (exact) mass is 396 g/mol. The predicted octanol–water partition coefficient (Wildman–Crippen LogP) is 6.62. The Hall–Kier alpha value is -0.0500. The molecule has 0 bridgehead atoms. The first-order chi connectivity index (χ1) is 10.1. The van der Waals surface area contributed by atoms with Crippen LogP contribution in [-0.4, -0.2) is 3.92 Å². The van der Waals surface area contributed by atoms with Crippen LogP contribution in [0.25, 0.3) is 0 Å². The van der Waals surface area contributed by atoms with Crippen molar-refractivity contribution in [3.05, 3.63) is 34.9 Å². The fraction of sp³-hybridized carbons (Fsp3) is 0.700. The van der Waals surface area contributed by atoms with E-state index in [0.717, 1.165) is 15.8 Å². The van der Waals surface area contributed by atoms with Gasteiger partial charge in [-0.15, -0.1) is 0 Å². The Morgan fingerprint density at radius 3 is 2.62 bits per heavy atom. The minimum atomic E-state index is 0.670. The van der Waals surface area contributed by atoms with E-state index in [0.29, 0.717) is 5.92 Å². The van der Waals surface area contributed by atoms with Gasteiger partial charge in [-0.3, -0.25) is 0 Å². The van der Waals surface area contributed by atoms with E-state index >= 15 is 0 Å². The second kappa shape index (κ2) is 6.60. The van der Waals surface area contributed by atoms with Gasteiger partial charge in [-0.1, -0.05) is 57.5 Å². The smallest absolute Gasteiger partial charge is 0.0116 e. The molecule has 0 aromatic heterocycles. The summed E-state index contributed by atoms with van der Waals surface area (Å²) in [6.45, 7) is 9.10. The van der Waals surface area contributed by atoms with Crippen LogP contribution in [0.15, 0.2) is 34.9 Å². The van der Waals surface area contributed by atoms with Gasteiger partial charge in [0.25, 0.3) is 0 Å². The molecular weight excluding hydrogens is 367 g/mol. The van der Waals surface area contributed by atoms with E-state index < -0.39 is 0 Å². The molecule has 0 aliphatic heterocycles. The Morgan fingerprint density at radius 2 is 1.90 bits per heavy atom. The molecule has 0 spiro atoms. The molecule has 0 N–H and O–H groups in total. The molecule has 0 aromatic rings. The van der Waals surface area contributed by atoms with Crippen LogP contribution >= 0.6 is 22.6 Å². The van der Waals surface area contributed by atoms with Gasteiger partial charge >= 0.3 is 0 Å². The molecule has 0 amide bonds. The van der Waals surface area contributed by atoms with E-state index in [2.05, 4.69) is 49.1 Å². The maximum absolute atomic E-state index is 4.62. The third-order valence-corrected chi connectivity index (χ3v) is 7.28. The van der Waals surface area contributed by atoms with E-state index in [1.54, 1.807) is 11.1 Å². The summed E-state index contributed by atoms with van der Waals surface area (Å²) in [4.78, 5) is 0. The lowest BCUT2D eigenvalue weighted by molar-refractivity contribution is 0.269. The third kappa shape index (κ3) is 3.04. The van der Waals surface area contributed by atoms with Crippen molar-refractivity contribution in [2.24, 2.45) is 17.8 Å². The minimum Gasteiger partial charge on any atom is -0.0989 e. The number of allylic oxidation sites excluding steroid dienone is 5. The zero-order valence-electron chi connectivity index (χ0n) is 13.6. The highest BCUT2D eigenvalue weighted by Crippen LogP contribution is 2.54. The van der Waals surface area contributed by atoms with Gasteiger partial charge in [0, 0.05) is 9.84 Å². The number of halogens is 1. The van der Waals surface area contributed by atoms with Crippen molar-refractivity contribution < 1.29 is 0 Å². The van der Waals surface area contributed by atoms with Crippen molar-refractivity contribution in [3.8, 4) is 0 Å². The summed E-state index contributed by atoms with van der Waals surface area (Å²) in [7, 11) is 0. The second-order valence-electron chi connectivity index (χ2n) is 7.35. The highest BCUT2D eigenvalue weighted by Gasteiger charge is 2.42. The Balaban J connectivity index is 1.97. The van der Waals surface area contributed by atoms with E-state index in [4.69, 9.17) is 0 Å². The highest BCUT2D eigenvalue weighted by atomic mass is 127. The first-order valence-corrected chi connectivity index (χ1v) is 10.0. The quantitative estimate of drug-likeness (QED) is 0.280. The molecule has 0 radical (unpaired) electrons. The molecule has 3 unspecified atom stereocenters. The van der Waals surface area contributed by atoms with Gasteiger partial charge in [0.2, 0.25) is 0 Å². The standard InChI is InChI=1S/C20H29I/c1-4-13(2)11-19-14(3)16-10-9-15(21)12-20(16)18-8-6-5-7-17(18)19/h4,15-16,19-20H,3,5-12H2,1-2H3/b13-4-/t15?,16-,19?,20?/m0/s1. The molecule has 0 aromatic carbocycles. The molecule has 1 saturated carbocycles. The van der Waals surface area contributed by atoms with Crippen molar-refractivity contribution in [1.29, 1.82) is 0 Å². The summed E-state index contributed by atoms with van der Waals surface area (Å²) in [6.07, 6.45) is 13.3. The number of fused-ring (bicyclic) bond motifs is 2. The van der Waals surface area contributed by atoms with Gasteiger partial charge in [0.1, 0.15) is 0 Å². The van der Waals surface area contributed by atoms with Crippen LogP contribution in [0.5, 0.6) is 0 Å². The summed E-state index contributed by atoms with van der Waals surface area (Å²) in [5, 5.41) is 0. The Morgan fingerprint density at radius 1 is 1.19 bits per heavy atom. The SMILES string of the molecule is C=C1C(C/C(C)=C\C)C2=C(CCCC2)C2CC(I)CC[C@@H]12. The number of hydrogen-bond donors (Lipinski definition) is 0. The molecule has 0 heterocycles. The molecule has 0 saturated heterocycles. The lowest BCUT2D eigenvalue weighted by Gasteiger charge is -2.47. The zero-order chi connectivity index (χ0) is 15.0. The Bertz CT molecular complexity index is 482. The van der Waals surface area contributed by atoms with Crippen LogP contribution in [0.4, 0.5) is 0 Å². The van der Waals surface area contributed by atoms with Crippen LogP contribution in [-0.2, 0) is 0 Å². The lowest BCUT2D eigenvalue weighted by atomic mass is 9.59. The highest BCUT2D eigenvalue weighted by molar-refractivity contribution is 14.1. The molecule has 3 rings (SSSR count). The summed E-state index contributed by atoms with van der Waals surface area (Å²) >= 11 is 2.69. The predicted molar refractivity (Wildman–Crippen MR) is 101 cm³/mol. The van der Waals surface area contributed by atoms with Crippen LogP contribution in [0, 0.1) is 17.8 Å². The average Bonchev–Trinajstić information content (AvgIpc) is 2.51. The first kappa shape index (κ1) is 15.8. The van der Waals surface area contributed by atoms with E-state index in [1.807, 2.05) is 11.1 Å². The van der Waals surface area contributed by atoms with Crippen molar-refractivity contribution >= 4 is 22.6 Å². The van der Waals surface area contributed by atoms with E-state index in [1.165, 1.54) is 51.4 Å². The Labute approximate surface area is 144 Å². The van der Waals surface area contributed by atoms with Gasteiger partial charge < -0.3 is 0 Å². The van der Waals surface area contributed by atoms with Crippen molar-refractivity contribution in [2.45, 2.75) is 69.1 Å². The van der Waals surface area contributed by atoms with Crippen molar-refractivity contribution in [1.82, 2.24) is 0 Å². The molecule has 116 valence electrons. The topological polar surface area (TPSA) is 0 Å². The fourth-order valence-corrected chi connectivity index (χ4v) is 5.81. The maximum Gasteiger partial charge on any atom is 0.0116 e. The fourth-order valence-electron chi connectivity index (χ4n) is 4.90. The molecule has 1 heteroatoms. The zero-order valence-corrected chi connectivity index (χ0v) is 15.8. The summed E-state index contributed by atoms with van der Waals surface area (Å²) in [5.74, 6) is 2.32. The lowest BCUT2D eigenvalue weighted by Crippen LogP contribution is -2.36. The van der Waals surface area contributed by atoms with Gasteiger partial charge in [0.05, 0.1) is 0 Å². The van der Waals surface area contributed by atoms with Gasteiger partial charge in [-0.2, -0.15) is 0 Å². The molecule has 21 heavy (non-hydrogen) atoms. The summed E-state index contributed by atoms with van der Waals surface area (Å²) in [5.41, 5.74) is 6.83. The molecule has 3 aliphatic carbocycles. The summed E-state index contributed by atoms with van der Waals surface area (Å²) < 4.78 is 0.890. The molecule has 4 atom stereocenters. The van der Waals surface area contributed by atoms with Crippen molar-refractivity contribution in [2.75, 3.05) is 0 Å². The molecule has 0 nitrogen and oxygen atoms in total. The normalized spacial score (nSPS) is 37.3. The molecular formula is C20H29I. The Kier molecular flexibility index (Phi) is 4.97. The van der Waals surface area contributed by atoms with Crippen LogP contribution in [0.2, 0.25) is 0 Å². The van der Waals surface area contributed by atoms with Gasteiger partial charge in [-0.05, 0) is 77.0 Å². The largest absolute Gasteiger partial charge is 0.0989 e. The van der Waals surface area contributed by atoms with Crippen LogP contribution in [0.3, 0.4) is 0 Å². The third-order valence-electron chi connectivity index (χ3n) is 6.15. The van der Waals surface area contributed by atoms with Gasteiger partial charge in [-0.25, -0.2) is 0 Å². The number of rotatable bonds is 2. The van der Waals surface area contributed by atoms with E-state index in [-0.39, 0.29) is 0 Å². The van der Waals surface area contributed by atoms with Crippen LogP contribution in [0.1, 0.15) is 65.2 Å². The maximum atomic E-state index is 4.62.